The average Bonchev–Trinajstić information content (AvgIpc) is 3.14. The first-order chi connectivity index (χ1) is 13.2. The van der Waals surface area contributed by atoms with Crippen molar-refractivity contribution in [1.82, 2.24) is 0 Å². The van der Waals surface area contributed by atoms with Gasteiger partial charge in [-0.2, -0.15) is 0 Å². The van der Waals surface area contributed by atoms with Crippen LogP contribution in [0.4, 0.5) is 11.4 Å². The molecule has 1 amide bonds. The lowest BCUT2D eigenvalue weighted by atomic mass is 10.1. The second-order valence-corrected chi connectivity index (χ2v) is 9.53. The molecule has 3 rings (SSSR count). The van der Waals surface area contributed by atoms with E-state index in [-0.39, 0.29) is 9.77 Å². The van der Waals surface area contributed by atoms with E-state index in [1.807, 2.05) is 51.1 Å². The van der Waals surface area contributed by atoms with Crippen LogP contribution in [0.5, 0.6) is 0 Å². The Morgan fingerprint density at radius 1 is 1.00 bits per heavy atom. The number of benzene rings is 2. The van der Waals surface area contributed by atoms with Crippen LogP contribution in [0, 0.1) is 20.8 Å². The van der Waals surface area contributed by atoms with Crippen molar-refractivity contribution in [3.8, 4) is 0 Å². The fourth-order valence-electron chi connectivity index (χ4n) is 2.78. The molecule has 0 unspecified atom stereocenters. The summed E-state index contributed by atoms with van der Waals surface area (Å²) in [6.45, 7) is 5.83. The van der Waals surface area contributed by atoms with Crippen molar-refractivity contribution in [2.75, 3.05) is 16.7 Å². The third-order valence-corrected chi connectivity index (χ3v) is 7.47. The number of aryl methyl sites for hydroxylation is 3. The smallest absolute Gasteiger partial charge is 0.267 e. The minimum absolute atomic E-state index is 0.00313. The summed E-state index contributed by atoms with van der Waals surface area (Å²) < 4.78 is 27.6. The summed E-state index contributed by atoms with van der Waals surface area (Å²) in [4.78, 5) is 12.9. The fraction of sp³-hybridized carbons (Fsp3) is 0.190. The topological polar surface area (TPSA) is 66.5 Å². The zero-order valence-corrected chi connectivity index (χ0v) is 17.8. The predicted octanol–water partition coefficient (Wildman–Crippen LogP) is 4.75. The first-order valence-corrected chi connectivity index (χ1v) is 11.0. The molecule has 0 saturated heterocycles. The number of nitrogens with zero attached hydrogens (tertiary/aromatic N) is 1. The van der Waals surface area contributed by atoms with Gasteiger partial charge in [-0.05, 0) is 73.2 Å². The summed E-state index contributed by atoms with van der Waals surface area (Å²) in [5.74, 6) is -0.437. The van der Waals surface area contributed by atoms with E-state index in [9.17, 15) is 13.2 Å². The van der Waals surface area contributed by atoms with Crippen LogP contribution in [0.1, 0.15) is 26.4 Å². The molecule has 0 spiro atoms. The van der Waals surface area contributed by atoms with Crippen molar-refractivity contribution in [2.45, 2.75) is 25.7 Å². The molecular weight excluding hydrogens is 392 g/mol. The standard InChI is InChI=1S/C21H22N2O3S2/c1-14-6-5-7-17(12-14)22-21(24)20-19(10-11-27-20)28(25,26)23(4)18-9-8-15(2)16(3)13-18/h5-13H,1-4H3,(H,22,24). The number of carbonyl (C=O) groups excluding carboxylic acids is 1. The molecule has 28 heavy (non-hydrogen) atoms. The first kappa shape index (κ1) is 20.1. The fourth-order valence-corrected chi connectivity index (χ4v) is 5.27. The van der Waals surface area contributed by atoms with E-state index in [4.69, 9.17) is 0 Å². The Balaban J connectivity index is 1.92. The van der Waals surface area contributed by atoms with Crippen LogP contribution in [0.15, 0.2) is 58.8 Å². The van der Waals surface area contributed by atoms with E-state index in [0.29, 0.717) is 11.4 Å². The Morgan fingerprint density at radius 2 is 1.75 bits per heavy atom. The minimum Gasteiger partial charge on any atom is -0.321 e. The van der Waals surface area contributed by atoms with Gasteiger partial charge >= 0.3 is 0 Å². The number of sulfonamides is 1. The maximum atomic E-state index is 13.2. The van der Waals surface area contributed by atoms with Gasteiger partial charge in [-0.3, -0.25) is 9.10 Å². The molecular formula is C21H22N2O3S2. The summed E-state index contributed by atoms with van der Waals surface area (Å²) in [5, 5.41) is 4.40. The van der Waals surface area contributed by atoms with Crippen LogP contribution in [0.2, 0.25) is 0 Å². The Bertz CT molecular complexity index is 1130. The monoisotopic (exact) mass is 414 g/mol. The second-order valence-electron chi connectivity index (χ2n) is 6.68. The lowest BCUT2D eigenvalue weighted by Gasteiger charge is -2.20. The van der Waals surface area contributed by atoms with Gasteiger partial charge in [0.2, 0.25) is 0 Å². The summed E-state index contributed by atoms with van der Waals surface area (Å²) >= 11 is 1.11. The van der Waals surface area contributed by atoms with Crippen molar-refractivity contribution in [3.05, 3.63) is 75.5 Å². The number of nitrogens with one attached hydrogen (secondary N) is 1. The molecule has 0 fully saturated rings. The number of anilines is 2. The molecule has 0 aliphatic heterocycles. The molecule has 0 atom stereocenters. The Kier molecular flexibility index (Phi) is 5.58. The van der Waals surface area contributed by atoms with Crippen molar-refractivity contribution in [1.29, 1.82) is 0 Å². The number of rotatable bonds is 5. The van der Waals surface area contributed by atoms with Crippen molar-refractivity contribution >= 4 is 38.6 Å². The van der Waals surface area contributed by atoms with Gasteiger partial charge < -0.3 is 5.32 Å². The number of hydrogen-bond acceptors (Lipinski definition) is 4. The van der Waals surface area contributed by atoms with Crippen molar-refractivity contribution in [2.24, 2.45) is 0 Å². The summed E-state index contributed by atoms with van der Waals surface area (Å²) in [7, 11) is -2.37. The van der Waals surface area contributed by atoms with Gasteiger partial charge in [-0.25, -0.2) is 8.42 Å². The Morgan fingerprint density at radius 3 is 2.43 bits per heavy atom. The quantitative estimate of drug-likeness (QED) is 0.655. The van der Waals surface area contributed by atoms with E-state index in [1.165, 1.54) is 17.4 Å². The van der Waals surface area contributed by atoms with Crippen LogP contribution >= 0.6 is 11.3 Å². The molecule has 0 radical (unpaired) electrons. The number of amides is 1. The maximum absolute atomic E-state index is 13.2. The summed E-state index contributed by atoms with van der Waals surface area (Å²) in [5.41, 5.74) is 4.28. The van der Waals surface area contributed by atoms with E-state index in [0.717, 1.165) is 28.0 Å². The van der Waals surface area contributed by atoms with Crippen LogP contribution in [0.25, 0.3) is 0 Å². The van der Waals surface area contributed by atoms with Gasteiger partial charge in [-0.15, -0.1) is 11.3 Å². The molecule has 0 bridgehead atoms. The molecule has 0 aliphatic rings. The van der Waals surface area contributed by atoms with E-state index >= 15 is 0 Å². The summed E-state index contributed by atoms with van der Waals surface area (Å²) in [6.07, 6.45) is 0. The average molecular weight is 415 g/mol. The first-order valence-electron chi connectivity index (χ1n) is 8.72. The van der Waals surface area contributed by atoms with Crippen molar-refractivity contribution in [3.63, 3.8) is 0 Å². The molecule has 2 aromatic carbocycles. The molecule has 1 N–H and O–H groups in total. The summed E-state index contributed by atoms with van der Waals surface area (Å²) in [6, 6.07) is 14.3. The van der Waals surface area contributed by atoms with Crippen LogP contribution in [0.3, 0.4) is 0 Å². The second kappa shape index (κ2) is 7.77. The maximum Gasteiger partial charge on any atom is 0.267 e. The highest BCUT2D eigenvalue weighted by Gasteiger charge is 2.28. The molecule has 7 heteroatoms. The third kappa shape index (κ3) is 3.95. The van der Waals surface area contributed by atoms with E-state index < -0.39 is 15.9 Å². The molecule has 5 nitrogen and oxygen atoms in total. The van der Waals surface area contributed by atoms with Gasteiger partial charge in [0.1, 0.15) is 9.77 Å². The highest BCUT2D eigenvalue weighted by molar-refractivity contribution is 7.93. The van der Waals surface area contributed by atoms with Gasteiger partial charge in [0.05, 0.1) is 5.69 Å². The van der Waals surface area contributed by atoms with Crippen LogP contribution in [-0.4, -0.2) is 21.4 Å². The number of hydrogen-bond donors (Lipinski definition) is 1. The molecule has 0 saturated carbocycles. The minimum atomic E-state index is -3.87. The lowest BCUT2D eigenvalue weighted by Crippen LogP contribution is -2.28. The van der Waals surface area contributed by atoms with Crippen molar-refractivity contribution < 1.29 is 13.2 Å². The van der Waals surface area contributed by atoms with Crippen LogP contribution in [-0.2, 0) is 10.0 Å². The predicted molar refractivity (Wildman–Crippen MR) is 115 cm³/mol. The lowest BCUT2D eigenvalue weighted by molar-refractivity contribution is 0.102. The Hall–Kier alpha value is -2.64. The van der Waals surface area contributed by atoms with Gasteiger partial charge in [0.25, 0.3) is 15.9 Å². The SMILES string of the molecule is Cc1cccc(NC(=O)c2sccc2S(=O)(=O)N(C)c2ccc(C)c(C)c2)c1. The zero-order valence-electron chi connectivity index (χ0n) is 16.2. The van der Waals surface area contributed by atoms with Gasteiger partial charge in [0.15, 0.2) is 0 Å². The van der Waals surface area contributed by atoms with E-state index in [1.54, 1.807) is 17.5 Å². The highest BCUT2D eigenvalue weighted by Crippen LogP contribution is 2.29. The van der Waals surface area contributed by atoms with Gasteiger partial charge in [0, 0.05) is 12.7 Å². The van der Waals surface area contributed by atoms with E-state index in [2.05, 4.69) is 5.32 Å². The number of carbonyl (C=O) groups is 1. The van der Waals surface area contributed by atoms with Gasteiger partial charge in [-0.1, -0.05) is 18.2 Å². The highest BCUT2D eigenvalue weighted by atomic mass is 32.2. The normalized spacial score (nSPS) is 11.3. The molecule has 1 heterocycles. The third-order valence-electron chi connectivity index (χ3n) is 4.60. The largest absolute Gasteiger partial charge is 0.321 e. The molecule has 1 aromatic heterocycles. The molecule has 0 aliphatic carbocycles. The molecule has 146 valence electrons. The van der Waals surface area contributed by atoms with Crippen LogP contribution < -0.4 is 9.62 Å². The molecule has 3 aromatic rings. The number of thiophene rings is 1. The Labute approximate surface area is 169 Å². The zero-order chi connectivity index (χ0) is 20.5.